The lowest BCUT2D eigenvalue weighted by Crippen LogP contribution is -2.50. The first-order chi connectivity index (χ1) is 12.3. The Kier molecular flexibility index (Phi) is 4.95. The number of hydrogen-bond donors (Lipinski definition) is 1. The molecular formula is C19H32N6. The molecule has 0 bridgehead atoms. The standard InChI is InChI=1S/C19H32N6/c1-20-18(21-14-17-23-22-16-8-6-13-25(16)17)24-12-7-11-19(15-24)9-4-2-3-5-10-19/h2-15H2,1H3,(H,20,21). The van der Waals surface area contributed by atoms with Crippen LogP contribution < -0.4 is 5.32 Å². The van der Waals surface area contributed by atoms with E-state index in [9.17, 15) is 0 Å². The van der Waals surface area contributed by atoms with Crippen molar-refractivity contribution in [2.75, 3.05) is 20.1 Å². The Morgan fingerprint density at radius 2 is 1.84 bits per heavy atom. The van der Waals surface area contributed by atoms with Gasteiger partial charge < -0.3 is 14.8 Å². The molecular weight excluding hydrogens is 312 g/mol. The van der Waals surface area contributed by atoms with Crippen LogP contribution in [0.25, 0.3) is 0 Å². The van der Waals surface area contributed by atoms with E-state index in [0.717, 1.165) is 43.7 Å². The van der Waals surface area contributed by atoms with Gasteiger partial charge in [-0.3, -0.25) is 4.99 Å². The van der Waals surface area contributed by atoms with Gasteiger partial charge >= 0.3 is 0 Å². The maximum Gasteiger partial charge on any atom is 0.194 e. The van der Waals surface area contributed by atoms with Crippen molar-refractivity contribution in [1.29, 1.82) is 0 Å². The molecule has 1 saturated carbocycles. The molecule has 1 aromatic rings. The highest BCUT2D eigenvalue weighted by atomic mass is 15.3. The third-order valence-corrected chi connectivity index (χ3v) is 6.43. The number of piperidine rings is 1. The molecule has 3 heterocycles. The number of rotatable bonds is 2. The zero-order valence-corrected chi connectivity index (χ0v) is 15.6. The van der Waals surface area contributed by atoms with Gasteiger partial charge in [0.25, 0.3) is 0 Å². The smallest absolute Gasteiger partial charge is 0.194 e. The molecule has 0 unspecified atom stereocenters. The summed E-state index contributed by atoms with van der Waals surface area (Å²) in [5, 5.41) is 12.2. The molecule has 1 spiro atoms. The van der Waals surface area contributed by atoms with E-state index in [1.165, 1.54) is 64.3 Å². The summed E-state index contributed by atoms with van der Waals surface area (Å²) in [6.07, 6.45) is 13.4. The quantitative estimate of drug-likeness (QED) is 0.662. The molecule has 0 radical (unpaired) electrons. The molecule has 1 aromatic heterocycles. The molecule has 0 amide bonds. The number of fused-ring (bicyclic) bond motifs is 1. The van der Waals surface area contributed by atoms with E-state index in [0.29, 0.717) is 5.41 Å². The van der Waals surface area contributed by atoms with Gasteiger partial charge in [-0.1, -0.05) is 25.7 Å². The van der Waals surface area contributed by atoms with Gasteiger partial charge in [-0.15, -0.1) is 10.2 Å². The summed E-state index contributed by atoms with van der Waals surface area (Å²) < 4.78 is 2.27. The number of aromatic nitrogens is 3. The molecule has 25 heavy (non-hydrogen) atoms. The Labute approximate surface area is 151 Å². The van der Waals surface area contributed by atoms with Crippen molar-refractivity contribution >= 4 is 5.96 Å². The van der Waals surface area contributed by atoms with Crippen molar-refractivity contribution in [3.8, 4) is 0 Å². The van der Waals surface area contributed by atoms with Gasteiger partial charge in [0.2, 0.25) is 0 Å². The first-order valence-corrected chi connectivity index (χ1v) is 10.2. The van der Waals surface area contributed by atoms with Gasteiger partial charge in [0.05, 0.1) is 6.54 Å². The van der Waals surface area contributed by atoms with E-state index in [1.54, 1.807) is 0 Å². The van der Waals surface area contributed by atoms with Crippen molar-refractivity contribution < 1.29 is 0 Å². The number of aliphatic imine (C=N–C) groups is 1. The van der Waals surface area contributed by atoms with Gasteiger partial charge in [0, 0.05) is 33.1 Å². The van der Waals surface area contributed by atoms with E-state index in [4.69, 9.17) is 0 Å². The minimum atomic E-state index is 0.530. The van der Waals surface area contributed by atoms with Crippen molar-refractivity contribution in [3.05, 3.63) is 11.6 Å². The predicted octanol–water partition coefficient (Wildman–Crippen LogP) is 2.74. The normalized spacial score (nSPS) is 23.6. The van der Waals surface area contributed by atoms with Crippen LogP contribution in [0.15, 0.2) is 4.99 Å². The molecule has 1 aliphatic carbocycles. The van der Waals surface area contributed by atoms with E-state index < -0.39 is 0 Å². The highest BCUT2D eigenvalue weighted by Gasteiger charge is 2.36. The lowest BCUT2D eigenvalue weighted by atomic mass is 9.74. The van der Waals surface area contributed by atoms with E-state index in [-0.39, 0.29) is 0 Å². The summed E-state index contributed by atoms with van der Waals surface area (Å²) in [6.45, 7) is 4.08. The molecule has 1 N–H and O–H groups in total. The summed E-state index contributed by atoms with van der Waals surface area (Å²) >= 11 is 0. The molecule has 6 heteroatoms. The van der Waals surface area contributed by atoms with Crippen LogP contribution in [0.1, 0.15) is 69.4 Å². The van der Waals surface area contributed by atoms with Crippen LogP contribution >= 0.6 is 0 Å². The van der Waals surface area contributed by atoms with Gasteiger partial charge in [-0.05, 0) is 37.5 Å². The molecule has 1 saturated heterocycles. The first-order valence-electron chi connectivity index (χ1n) is 10.2. The maximum absolute atomic E-state index is 4.58. The minimum absolute atomic E-state index is 0.530. The topological polar surface area (TPSA) is 58.3 Å². The maximum atomic E-state index is 4.58. The fourth-order valence-electron chi connectivity index (χ4n) is 5.11. The van der Waals surface area contributed by atoms with E-state index >= 15 is 0 Å². The summed E-state index contributed by atoms with van der Waals surface area (Å²) in [7, 11) is 1.91. The van der Waals surface area contributed by atoms with Gasteiger partial charge in [-0.25, -0.2) is 0 Å². The molecule has 2 fully saturated rings. The Balaban J connectivity index is 1.40. The number of likely N-dealkylation sites (tertiary alicyclic amines) is 1. The Morgan fingerprint density at radius 1 is 1.04 bits per heavy atom. The van der Waals surface area contributed by atoms with Gasteiger partial charge in [-0.2, -0.15) is 0 Å². The molecule has 138 valence electrons. The zero-order valence-electron chi connectivity index (χ0n) is 15.6. The van der Waals surface area contributed by atoms with Crippen LogP contribution in [0, 0.1) is 5.41 Å². The Bertz CT molecular complexity index is 611. The third kappa shape index (κ3) is 3.53. The number of nitrogens with zero attached hydrogens (tertiary/aromatic N) is 5. The van der Waals surface area contributed by atoms with E-state index in [1.807, 2.05) is 7.05 Å². The first kappa shape index (κ1) is 16.9. The van der Waals surface area contributed by atoms with Crippen LogP contribution in [0.3, 0.4) is 0 Å². The molecule has 2 aliphatic heterocycles. The second-order valence-electron chi connectivity index (χ2n) is 8.13. The van der Waals surface area contributed by atoms with E-state index in [2.05, 4.69) is 30.0 Å². The zero-order chi connectivity index (χ0) is 17.1. The SMILES string of the molecule is CN=C(NCc1nnc2n1CCC2)N1CCCC2(CCCCCC2)C1. The van der Waals surface area contributed by atoms with Crippen molar-refractivity contribution in [1.82, 2.24) is 25.0 Å². The summed E-state index contributed by atoms with van der Waals surface area (Å²) in [5.41, 5.74) is 0.530. The van der Waals surface area contributed by atoms with Crippen LogP contribution in [0.2, 0.25) is 0 Å². The average molecular weight is 345 g/mol. The third-order valence-electron chi connectivity index (χ3n) is 6.43. The molecule has 0 atom stereocenters. The highest BCUT2D eigenvalue weighted by Crippen LogP contribution is 2.42. The average Bonchev–Trinajstić information content (AvgIpc) is 3.17. The van der Waals surface area contributed by atoms with Crippen molar-refractivity contribution in [3.63, 3.8) is 0 Å². The Morgan fingerprint density at radius 3 is 2.64 bits per heavy atom. The largest absolute Gasteiger partial charge is 0.349 e. The number of nitrogens with one attached hydrogen (secondary N) is 1. The Hall–Kier alpha value is -1.59. The summed E-state index contributed by atoms with van der Waals surface area (Å²) in [6, 6.07) is 0. The minimum Gasteiger partial charge on any atom is -0.349 e. The van der Waals surface area contributed by atoms with Crippen LogP contribution in [-0.4, -0.2) is 45.8 Å². The molecule has 6 nitrogen and oxygen atoms in total. The number of guanidine groups is 1. The van der Waals surface area contributed by atoms with Crippen LogP contribution in [-0.2, 0) is 19.5 Å². The lowest BCUT2D eigenvalue weighted by Gasteiger charge is -2.44. The molecule has 4 rings (SSSR count). The predicted molar refractivity (Wildman–Crippen MR) is 99.5 cm³/mol. The summed E-state index contributed by atoms with van der Waals surface area (Å²) in [4.78, 5) is 7.08. The van der Waals surface area contributed by atoms with Crippen LogP contribution in [0.5, 0.6) is 0 Å². The van der Waals surface area contributed by atoms with Gasteiger partial charge in [0.15, 0.2) is 11.8 Å². The second-order valence-corrected chi connectivity index (χ2v) is 8.13. The second kappa shape index (κ2) is 7.34. The fraction of sp³-hybridized carbons (Fsp3) is 0.842. The van der Waals surface area contributed by atoms with Gasteiger partial charge in [0.1, 0.15) is 5.82 Å². The highest BCUT2D eigenvalue weighted by molar-refractivity contribution is 5.80. The molecule has 0 aromatic carbocycles. The number of hydrogen-bond acceptors (Lipinski definition) is 3. The molecule has 3 aliphatic rings. The monoisotopic (exact) mass is 344 g/mol. The summed E-state index contributed by atoms with van der Waals surface area (Å²) in [5.74, 6) is 3.23. The van der Waals surface area contributed by atoms with Crippen molar-refractivity contribution in [2.24, 2.45) is 10.4 Å². The van der Waals surface area contributed by atoms with Crippen LogP contribution in [0.4, 0.5) is 0 Å². The lowest BCUT2D eigenvalue weighted by molar-refractivity contribution is 0.115. The van der Waals surface area contributed by atoms with Crippen molar-refractivity contribution in [2.45, 2.75) is 77.3 Å². The number of aryl methyl sites for hydroxylation is 1. The fourth-order valence-corrected chi connectivity index (χ4v) is 5.11.